The zero-order chi connectivity index (χ0) is 30.5. The number of likely N-dealkylation sites (tertiary alicyclic amines) is 1. The second kappa shape index (κ2) is 12.9. The summed E-state index contributed by atoms with van der Waals surface area (Å²) in [5, 5.41) is 11.1. The van der Waals surface area contributed by atoms with E-state index in [1.54, 1.807) is 36.5 Å². The van der Waals surface area contributed by atoms with E-state index < -0.39 is 0 Å². The number of benzene rings is 2. The van der Waals surface area contributed by atoms with Gasteiger partial charge in [-0.05, 0) is 63.0 Å². The number of nitrogens with zero attached hydrogens (tertiary/aromatic N) is 6. The number of carbonyl (C=O) groups is 2. The van der Waals surface area contributed by atoms with Crippen LogP contribution in [0, 0.1) is 0 Å². The first-order chi connectivity index (χ1) is 21.4. The first-order valence-electron chi connectivity index (χ1n) is 14.6. The number of aromatic nitrogens is 4. The van der Waals surface area contributed by atoms with Crippen molar-refractivity contribution in [3.8, 4) is 22.5 Å². The lowest BCUT2D eigenvalue weighted by atomic mass is 10.0. The van der Waals surface area contributed by atoms with Gasteiger partial charge in [0.2, 0.25) is 11.9 Å². The van der Waals surface area contributed by atoms with E-state index >= 15 is 0 Å². The highest BCUT2D eigenvalue weighted by atomic mass is 16.2. The van der Waals surface area contributed by atoms with E-state index in [4.69, 9.17) is 10.1 Å². The molecule has 2 N–H and O–H groups in total. The molecule has 3 aromatic heterocycles. The van der Waals surface area contributed by atoms with Gasteiger partial charge in [-0.2, -0.15) is 5.10 Å². The molecule has 222 valence electrons. The molecule has 1 aliphatic rings. The van der Waals surface area contributed by atoms with Gasteiger partial charge < -0.3 is 20.4 Å². The highest BCUT2D eigenvalue weighted by molar-refractivity contribution is 6.00. The predicted octanol–water partition coefficient (Wildman–Crippen LogP) is 4.84. The van der Waals surface area contributed by atoms with Crippen molar-refractivity contribution >= 4 is 29.0 Å². The summed E-state index contributed by atoms with van der Waals surface area (Å²) in [6.07, 6.45) is 7.77. The van der Waals surface area contributed by atoms with Crippen molar-refractivity contribution in [1.82, 2.24) is 29.4 Å². The molecule has 0 aliphatic carbocycles. The van der Waals surface area contributed by atoms with Crippen molar-refractivity contribution in [1.29, 1.82) is 0 Å². The number of amides is 2. The molecule has 1 fully saturated rings. The minimum Gasteiger partial charge on any atom is -0.350 e. The van der Waals surface area contributed by atoms with Crippen LogP contribution in [0.15, 0.2) is 103 Å². The van der Waals surface area contributed by atoms with Gasteiger partial charge in [0, 0.05) is 61.0 Å². The van der Waals surface area contributed by atoms with Gasteiger partial charge in [-0.1, -0.05) is 42.5 Å². The van der Waals surface area contributed by atoms with E-state index in [1.165, 1.54) is 6.08 Å². The topological polar surface area (TPSA) is 108 Å². The van der Waals surface area contributed by atoms with Gasteiger partial charge in [0.15, 0.2) is 0 Å². The predicted molar refractivity (Wildman–Crippen MR) is 172 cm³/mol. The summed E-state index contributed by atoms with van der Waals surface area (Å²) in [4.78, 5) is 38.5. The summed E-state index contributed by atoms with van der Waals surface area (Å²) in [7, 11) is 3.88. The lowest BCUT2D eigenvalue weighted by molar-refractivity contribution is -0.111. The Labute approximate surface area is 256 Å². The van der Waals surface area contributed by atoms with Crippen molar-refractivity contribution in [2.75, 3.05) is 44.4 Å². The van der Waals surface area contributed by atoms with Crippen molar-refractivity contribution in [2.24, 2.45) is 0 Å². The molecule has 1 atom stereocenters. The maximum absolute atomic E-state index is 13.2. The molecular formula is C34H34N8O2. The van der Waals surface area contributed by atoms with E-state index in [1.807, 2.05) is 89.2 Å². The summed E-state index contributed by atoms with van der Waals surface area (Å²) in [5.74, 6) is 0.256. The first kappa shape index (κ1) is 28.8. The smallest absolute Gasteiger partial charge is 0.253 e. The second-order valence-electron chi connectivity index (χ2n) is 11.0. The van der Waals surface area contributed by atoms with Crippen molar-refractivity contribution in [3.05, 3.63) is 109 Å². The molecule has 10 nitrogen and oxygen atoms in total. The molecule has 1 aliphatic heterocycles. The Morgan fingerprint density at radius 3 is 2.59 bits per heavy atom. The van der Waals surface area contributed by atoms with Gasteiger partial charge in [0.25, 0.3) is 5.91 Å². The van der Waals surface area contributed by atoms with E-state index in [9.17, 15) is 9.59 Å². The van der Waals surface area contributed by atoms with Crippen LogP contribution in [-0.2, 0) is 4.79 Å². The largest absolute Gasteiger partial charge is 0.350 e. The molecule has 2 aromatic carbocycles. The third-order valence-corrected chi connectivity index (χ3v) is 7.45. The fraction of sp³-hybridized carbons (Fsp3) is 0.206. The van der Waals surface area contributed by atoms with Crippen LogP contribution in [0.1, 0.15) is 16.8 Å². The number of nitrogens with one attached hydrogen (secondary N) is 2. The van der Waals surface area contributed by atoms with E-state index in [-0.39, 0.29) is 17.9 Å². The highest BCUT2D eigenvalue weighted by Crippen LogP contribution is 2.34. The van der Waals surface area contributed by atoms with Gasteiger partial charge in [-0.3, -0.25) is 9.59 Å². The van der Waals surface area contributed by atoms with Crippen LogP contribution in [0.2, 0.25) is 0 Å². The van der Waals surface area contributed by atoms with Gasteiger partial charge in [-0.15, -0.1) is 0 Å². The fourth-order valence-corrected chi connectivity index (χ4v) is 5.30. The maximum atomic E-state index is 13.2. The highest BCUT2D eigenvalue weighted by Gasteiger charge is 2.28. The van der Waals surface area contributed by atoms with Crippen LogP contribution < -0.4 is 10.6 Å². The van der Waals surface area contributed by atoms with Crippen LogP contribution in [-0.4, -0.2) is 81.0 Å². The van der Waals surface area contributed by atoms with Gasteiger partial charge in [-0.25, -0.2) is 14.5 Å². The summed E-state index contributed by atoms with van der Waals surface area (Å²) >= 11 is 0. The number of pyridine rings is 1. The average Bonchev–Trinajstić information content (AvgIpc) is 3.66. The standard InChI is InChI=1S/C34H34N8O2/c1-40(2)20-8-12-30(43)36-26-15-13-25(14-16-26)33(44)41-22-18-27(23-41)37-34-35-19-17-28(38-34)31-29-11-6-7-21-42(29)39-32(31)24-9-4-3-5-10-24/h3-17,19,21,27H,18,20,22-23H2,1-2H3,(H,36,43)(H,35,37,38)/b12-8+. The Kier molecular flexibility index (Phi) is 8.42. The molecule has 10 heteroatoms. The maximum Gasteiger partial charge on any atom is 0.253 e. The number of rotatable bonds is 9. The number of likely N-dealkylation sites (N-methyl/N-ethyl adjacent to an activating group) is 1. The fourth-order valence-electron chi connectivity index (χ4n) is 5.30. The number of anilines is 2. The normalized spacial score (nSPS) is 14.9. The minimum atomic E-state index is -0.205. The molecule has 2 amide bonds. The van der Waals surface area contributed by atoms with Crippen molar-refractivity contribution in [2.45, 2.75) is 12.5 Å². The summed E-state index contributed by atoms with van der Waals surface area (Å²) in [6.45, 7) is 1.84. The van der Waals surface area contributed by atoms with Crippen LogP contribution in [0.25, 0.3) is 28.0 Å². The minimum absolute atomic E-state index is 0.0132. The molecule has 0 saturated carbocycles. The molecule has 0 spiro atoms. The van der Waals surface area contributed by atoms with E-state index in [0.29, 0.717) is 36.8 Å². The molecule has 1 saturated heterocycles. The summed E-state index contributed by atoms with van der Waals surface area (Å²) < 4.78 is 1.87. The molecule has 0 bridgehead atoms. The van der Waals surface area contributed by atoms with Gasteiger partial charge in [0.05, 0.1) is 16.8 Å². The number of hydrogen-bond acceptors (Lipinski definition) is 7. The third-order valence-electron chi connectivity index (χ3n) is 7.45. The molecule has 0 radical (unpaired) electrons. The van der Waals surface area contributed by atoms with Crippen molar-refractivity contribution in [3.63, 3.8) is 0 Å². The molecular weight excluding hydrogens is 552 g/mol. The van der Waals surface area contributed by atoms with Crippen LogP contribution in [0.3, 0.4) is 0 Å². The molecule has 4 heterocycles. The number of fused-ring (bicyclic) bond motifs is 1. The Hall–Kier alpha value is -5.35. The van der Waals surface area contributed by atoms with Crippen LogP contribution in [0.4, 0.5) is 11.6 Å². The first-order valence-corrected chi connectivity index (χ1v) is 14.6. The Balaban J connectivity index is 1.12. The molecule has 5 aromatic rings. The Morgan fingerprint density at radius 2 is 1.80 bits per heavy atom. The third kappa shape index (κ3) is 6.50. The quantitative estimate of drug-likeness (QED) is 0.238. The lowest BCUT2D eigenvalue weighted by Crippen LogP contribution is -2.31. The SMILES string of the molecule is CN(C)C/C=C/C(=O)Nc1ccc(C(=O)N2CCC(Nc3nccc(-c4c(-c5ccccc5)nn5ccccc45)n3)C2)cc1. The van der Waals surface area contributed by atoms with Crippen LogP contribution in [0.5, 0.6) is 0 Å². The monoisotopic (exact) mass is 586 g/mol. The van der Waals surface area contributed by atoms with Crippen LogP contribution >= 0.6 is 0 Å². The summed E-state index contributed by atoms with van der Waals surface area (Å²) in [6, 6.07) is 25.0. The number of carbonyl (C=O) groups excluding carboxylic acids is 2. The van der Waals surface area contributed by atoms with E-state index in [0.717, 1.165) is 34.5 Å². The molecule has 44 heavy (non-hydrogen) atoms. The zero-order valence-electron chi connectivity index (χ0n) is 24.7. The Morgan fingerprint density at radius 1 is 1.00 bits per heavy atom. The molecule has 6 rings (SSSR count). The number of hydrogen-bond donors (Lipinski definition) is 2. The van der Waals surface area contributed by atoms with E-state index in [2.05, 4.69) is 15.6 Å². The Bertz CT molecular complexity index is 1800. The molecule has 1 unspecified atom stereocenters. The lowest BCUT2D eigenvalue weighted by Gasteiger charge is -2.17. The van der Waals surface area contributed by atoms with Gasteiger partial charge in [0.1, 0.15) is 5.69 Å². The second-order valence-corrected chi connectivity index (χ2v) is 11.0. The summed E-state index contributed by atoms with van der Waals surface area (Å²) in [5.41, 5.74) is 5.75. The van der Waals surface area contributed by atoms with Gasteiger partial charge >= 0.3 is 0 Å². The zero-order valence-corrected chi connectivity index (χ0v) is 24.7. The van der Waals surface area contributed by atoms with Crippen molar-refractivity contribution < 1.29 is 9.59 Å². The average molecular weight is 587 g/mol.